The molecular weight excluding hydrogens is 106 g/mol. The first-order valence-electron chi connectivity index (χ1n) is 1.95. The molecule has 0 bridgehead atoms. The highest BCUT2D eigenvalue weighted by Gasteiger charge is 1.78. The second-order valence-electron chi connectivity index (χ2n) is 1.07. The lowest BCUT2D eigenvalue weighted by Crippen LogP contribution is -1.87. The third kappa shape index (κ3) is 5.63. The molecule has 0 radical (unpaired) electrons. The van der Waals surface area contributed by atoms with Gasteiger partial charge in [-0.15, -0.1) is 18.3 Å². The number of hydrogen-bond acceptors (Lipinski definition) is 2. The van der Waals surface area contributed by atoms with Crippen LogP contribution in [-0.2, 0) is 0 Å². The summed E-state index contributed by atoms with van der Waals surface area (Å²) >= 11 is 1.50. The average Bonchev–Trinajstić information content (AvgIpc) is 1.61. The van der Waals surface area contributed by atoms with E-state index in [0.717, 1.165) is 5.75 Å². The molecule has 0 aromatic carbocycles. The van der Waals surface area contributed by atoms with Gasteiger partial charge in [0.25, 0.3) is 0 Å². The zero-order valence-corrected chi connectivity index (χ0v) is 5.00. The van der Waals surface area contributed by atoms with Crippen molar-refractivity contribution in [3.05, 3.63) is 24.3 Å². The summed E-state index contributed by atoms with van der Waals surface area (Å²) in [6.45, 7) is 7.00. The van der Waals surface area contributed by atoms with E-state index in [4.69, 9.17) is 5.73 Å². The minimum absolute atomic E-state index is 0.653. The van der Waals surface area contributed by atoms with E-state index in [1.54, 1.807) is 6.08 Å². The minimum atomic E-state index is 0.653. The molecular formula is C5H9NS. The Kier molecular flexibility index (Phi) is 3.61. The van der Waals surface area contributed by atoms with Crippen molar-refractivity contribution < 1.29 is 0 Å². The van der Waals surface area contributed by atoms with Gasteiger partial charge in [0.15, 0.2) is 0 Å². The number of nitrogens with two attached hydrogens (primary N) is 1. The van der Waals surface area contributed by atoms with Gasteiger partial charge in [-0.1, -0.05) is 12.7 Å². The van der Waals surface area contributed by atoms with E-state index in [1.165, 1.54) is 11.8 Å². The second-order valence-corrected chi connectivity index (χ2v) is 2.21. The highest BCUT2D eigenvalue weighted by molar-refractivity contribution is 8.03. The zero-order chi connectivity index (χ0) is 5.70. The van der Waals surface area contributed by atoms with Gasteiger partial charge in [-0.2, -0.15) is 0 Å². The molecule has 40 valence electrons. The Labute approximate surface area is 48.3 Å². The Bertz CT molecular complexity index is 78.1. The topological polar surface area (TPSA) is 26.0 Å². The van der Waals surface area contributed by atoms with Crippen LogP contribution >= 0.6 is 11.8 Å². The largest absolute Gasteiger partial charge is 0.394 e. The summed E-state index contributed by atoms with van der Waals surface area (Å²) < 4.78 is 0. The van der Waals surface area contributed by atoms with E-state index in [1.807, 2.05) is 0 Å². The molecule has 0 heterocycles. The predicted octanol–water partition coefficient (Wildman–Crippen LogP) is 1.34. The summed E-state index contributed by atoms with van der Waals surface area (Å²) in [4.78, 5) is 0. The van der Waals surface area contributed by atoms with Crippen molar-refractivity contribution in [2.75, 3.05) is 5.75 Å². The second kappa shape index (κ2) is 3.81. The molecule has 0 spiro atoms. The molecule has 0 saturated carbocycles. The van der Waals surface area contributed by atoms with Crippen LogP contribution < -0.4 is 5.73 Å². The fraction of sp³-hybridized carbons (Fsp3) is 0.200. The summed E-state index contributed by atoms with van der Waals surface area (Å²) in [5, 5.41) is 0.653. The molecule has 0 unspecified atom stereocenters. The van der Waals surface area contributed by atoms with Gasteiger partial charge >= 0.3 is 0 Å². The number of rotatable bonds is 3. The van der Waals surface area contributed by atoms with E-state index in [2.05, 4.69) is 13.2 Å². The summed E-state index contributed by atoms with van der Waals surface area (Å²) in [5.74, 6) is 0.856. The molecule has 2 N–H and O–H groups in total. The lowest BCUT2D eigenvalue weighted by Gasteiger charge is -1.89. The molecule has 0 saturated heterocycles. The maximum Gasteiger partial charge on any atom is 0.0584 e. The van der Waals surface area contributed by atoms with Crippen molar-refractivity contribution >= 4 is 11.8 Å². The van der Waals surface area contributed by atoms with Gasteiger partial charge in [0.05, 0.1) is 5.03 Å². The molecule has 0 aliphatic rings. The Hall–Kier alpha value is -0.370. The molecule has 0 aromatic heterocycles. The molecule has 0 atom stereocenters. The summed E-state index contributed by atoms with van der Waals surface area (Å²) in [6.07, 6.45) is 1.79. The summed E-state index contributed by atoms with van der Waals surface area (Å²) in [7, 11) is 0. The Morgan fingerprint density at radius 1 is 1.86 bits per heavy atom. The predicted molar refractivity (Wildman–Crippen MR) is 36.0 cm³/mol. The van der Waals surface area contributed by atoms with Crippen molar-refractivity contribution in [2.45, 2.75) is 0 Å². The van der Waals surface area contributed by atoms with Crippen LogP contribution in [0.1, 0.15) is 0 Å². The van der Waals surface area contributed by atoms with Gasteiger partial charge in [0.2, 0.25) is 0 Å². The van der Waals surface area contributed by atoms with Gasteiger partial charge in [-0.3, -0.25) is 0 Å². The minimum Gasteiger partial charge on any atom is -0.394 e. The number of hydrogen-bond donors (Lipinski definition) is 1. The van der Waals surface area contributed by atoms with Crippen molar-refractivity contribution in [1.29, 1.82) is 0 Å². The van der Waals surface area contributed by atoms with E-state index in [0.29, 0.717) is 5.03 Å². The van der Waals surface area contributed by atoms with Crippen LogP contribution in [-0.4, -0.2) is 5.75 Å². The molecule has 0 aromatic rings. The molecule has 1 nitrogen and oxygen atoms in total. The van der Waals surface area contributed by atoms with Gasteiger partial charge in [-0.05, 0) is 0 Å². The maximum absolute atomic E-state index is 5.20. The van der Waals surface area contributed by atoms with Crippen molar-refractivity contribution in [3.8, 4) is 0 Å². The van der Waals surface area contributed by atoms with Crippen molar-refractivity contribution in [2.24, 2.45) is 5.73 Å². The van der Waals surface area contributed by atoms with Crippen LogP contribution in [0.5, 0.6) is 0 Å². The SMILES string of the molecule is C=CCSC(=C)N. The van der Waals surface area contributed by atoms with E-state index in [-0.39, 0.29) is 0 Å². The third-order valence-electron chi connectivity index (χ3n) is 0.387. The first kappa shape index (κ1) is 6.63. The van der Waals surface area contributed by atoms with Gasteiger partial charge < -0.3 is 5.73 Å². The normalized spacial score (nSPS) is 8.00. The highest BCUT2D eigenvalue weighted by Crippen LogP contribution is 2.04. The lowest BCUT2D eigenvalue weighted by molar-refractivity contribution is 1.57. The first-order valence-corrected chi connectivity index (χ1v) is 2.94. The van der Waals surface area contributed by atoms with Gasteiger partial charge in [-0.25, -0.2) is 0 Å². The molecule has 0 fully saturated rings. The molecule has 2 heteroatoms. The third-order valence-corrected chi connectivity index (χ3v) is 1.16. The van der Waals surface area contributed by atoms with Gasteiger partial charge in [0.1, 0.15) is 0 Å². The fourth-order valence-corrected chi connectivity index (χ4v) is 0.498. The Balaban J connectivity index is 2.97. The van der Waals surface area contributed by atoms with Crippen LogP contribution in [0.3, 0.4) is 0 Å². The van der Waals surface area contributed by atoms with Crippen LogP contribution in [0, 0.1) is 0 Å². The fourth-order valence-electron chi connectivity index (χ4n) is 0.166. The van der Waals surface area contributed by atoms with E-state index < -0.39 is 0 Å². The Morgan fingerprint density at radius 3 is 2.57 bits per heavy atom. The van der Waals surface area contributed by atoms with Crippen LogP contribution in [0.15, 0.2) is 24.3 Å². The smallest absolute Gasteiger partial charge is 0.0584 e. The van der Waals surface area contributed by atoms with E-state index >= 15 is 0 Å². The maximum atomic E-state index is 5.20. The van der Waals surface area contributed by atoms with Crippen LogP contribution in [0.25, 0.3) is 0 Å². The van der Waals surface area contributed by atoms with Crippen LogP contribution in [0.2, 0.25) is 0 Å². The number of thioether (sulfide) groups is 1. The van der Waals surface area contributed by atoms with Crippen molar-refractivity contribution in [3.63, 3.8) is 0 Å². The highest BCUT2D eigenvalue weighted by atomic mass is 32.2. The summed E-state index contributed by atoms with van der Waals surface area (Å²) in [6, 6.07) is 0. The quantitative estimate of drug-likeness (QED) is 0.562. The molecule has 0 aliphatic heterocycles. The van der Waals surface area contributed by atoms with Gasteiger partial charge in [0, 0.05) is 5.75 Å². The molecule has 7 heavy (non-hydrogen) atoms. The Morgan fingerprint density at radius 2 is 2.43 bits per heavy atom. The monoisotopic (exact) mass is 115 g/mol. The summed E-state index contributed by atoms with van der Waals surface area (Å²) in [5.41, 5.74) is 5.20. The lowest BCUT2D eigenvalue weighted by atomic mass is 10.8. The first-order chi connectivity index (χ1) is 3.27. The van der Waals surface area contributed by atoms with Crippen LogP contribution in [0.4, 0.5) is 0 Å². The van der Waals surface area contributed by atoms with E-state index in [9.17, 15) is 0 Å². The molecule has 0 amide bonds. The average molecular weight is 115 g/mol. The molecule has 0 rings (SSSR count). The zero-order valence-electron chi connectivity index (χ0n) is 4.18. The van der Waals surface area contributed by atoms with Crippen molar-refractivity contribution in [1.82, 2.24) is 0 Å². The standard InChI is InChI=1S/C5H9NS/c1-3-4-7-5(2)6/h3H,1-2,4,6H2. The molecule has 0 aliphatic carbocycles.